The number of amides is 2. The summed E-state index contributed by atoms with van der Waals surface area (Å²) in [5.41, 5.74) is 3.69. The molecule has 0 atom stereocenters. The normalized spacial score (nSPS) is 10.4. The minimum absolute atomic E-state index is 0.152. The van der Waals surface area contributed by atoms with Crippen LogP contribution in [0.2, 0.25) is 0 Å². The van der Waals surface area contributed by atoms with Gasteiger partial charge in [-0.1, -0.05) is 31.2 Å². The van der Waals surface area contributed by atoms with Crippen LogP contribution in [0.3, 0.4) is 0 Å². The summed E-state index contributed by atoms with van der Waals surface area (Å²) in [5.74, 6) is -1.86. The lowest BCUT2D eigenvalue weighted by Gasteiger charge is -2.04. The van der Waals surface area contributed by atoms with E-state index in [2.05, 4.69) is 10.4 Å². The van der Waals surface area contributed by atoms with Crippen LogP contribution in [0.4, 0.5) is 11.4 Å². The van der Waals surface area contributed by atoms with Gasteiger partial charge in [0.1, 0.15) is 0 Å². The first kappa shape index (κ1) is 17.8. The lowest BCUT2D eigenvalue weighted by Crippen LogP contribution is -2.32. The minimum Gasteiger partial charge on any atom is -0.318 e. The van der Waals surface area contributed by atoms with Crippen LogP contribution in [-0.4, -0.2) is 23.0 Å². The molecule has 0 heterocycles. The van der Waals surface area contributed by atoms with E-state index in [1.807, 2.05) is 24.5 Å². The maximum Gasteiger partial charge on any atom is 0.329 e. The van der Waals surface area contributed by atoms with Gasteiger partial charge in [-0.05, 0) is 30.2 Å². The number of aryl methyl sites for hydroxylation is 1. The first-order valence-electron chi connectivity index (χ1n) is 7.48. The van der Waals surface area contributed by atoms with Crippen molar-refractivity contribution in [3.8, 4) is 0 Å². The van der Waals surface area contributed by atoms with Gasteiger partial charge in [0, 0.05) is 11.8 Å². The largest absolute Gasteiger partial charge is 0.329 e. The number of carbonyl (C=O) groups is 2. The Kier molecular flexibility index (Phi) is 5.94. The molecule has 2 rings (SSSR count). The van der Waals surface area contributed by atoms with Gasteiger partial charge in [0.25, 0.3) is 5.69 Å². The van der Waals surface area contributed by atoms with E-state index in [0.29, 0.717) is 5.69 Å². The van der Waals surface area contributed by atoms with E-state index in [0.717, 1.165) is 18.2 Å². The van der Waals surface area contributed by atoms with Gasteiger partial charge >= 0.3 is 11.8 Å². The van der Waals surface area contributed by atoms with Crippen molar-refractivity contribution < 1.29 is 14.5 Å². The maximum absolute atomic E-state index is 11.8. The summed E-state index contributed by atoms with van der Waals surface area (Å²) in [6.45, 7) is 2.01. The topological polar surface area (TPSA) is 114 Å². The third kappa shape index (κ3) is 4.96. The number of nitro benzene ring substituents is 1. The second-order valence-corrected chi connectivity index (χ2v) is 5.02. The summed E-state index contributed by atoms with van der Waals surface area (Å²) in [6.07, 6.45) is 1.98. The molecule has 0 aliphatic rings. The van der Waals surface area contributed by atoms with Gasteiger partial charge in [-0.15, -0.1) is 0 Å². The van der Waals surface area contributed by atoms with Gasteiger partial charge in [0.2, 0.25) is 0 Å². The third-order valence-electron chi connectivity index (χ3n) is 3.33. The molecule has 25 heavy (non-hydrogen) atoms. The molecule has 8 heteroatoms. The van der Waals surface area contributed by atoms with E-state index in [-0.39, 0.29) is 11.3 Å². The molecule has 0 fully saturated rings. The number of hydrogen-bond donors (Lipinski definition) is 2. The quantitative estimate of drug-likeness (QED) is 0.376. The molecule has 2 amide bonds. The number of nitro groups is 1. The summed E-state index contributed by atoms with van der Waals surface area (Å²) in [7, 11) is 0. The second kappa shape index (κ2) is 8.34. The molecular weight excluding hydrogens is 324 g/mol. The number of benzene rings is 2. The lowest BCUT2D eigenvalue weighted by atomic mass is 10.1. The summed E-state index contributed by atoms with van der Waals surface area (Å²) >= 11 is 0. The Labute approximate surface area is 143 Å². The highest BCUT2D eigenvalue weighted by molar-refractivity contribution is 6.39. The van der Waals surface area contributed by atoms with E-state index >= 15 is 0 Å². The second-order valence-electron chi connectivity index (χ2n) is 5.02. The maximum atomic E-state index is 11.8. The fraction of sp³-hybridized carbons (Fsp3) is 0.118. The van der Waals surface area contributed by atoms with Crippen molar-refractivity contribution in [3.05, 3.63) is 69.8 Å². The average molecular weight is 340 g/mol. The zero-order valence-electron chi connectivity index (χ0n) is 13.4. The van der Waals surface area contributed by atoms with Crippen LogP contribution in [-0.2, 0) is 16.0 Å². The number of hydrogen-bond acceptors (Lipinski definition) is 5. The van der Waals surface area contributed by atoms with E-state index in [1.54, 1.807) is 18.2 Å². The minimum atomic E-state index is -0.977. The summed E-state index contributed by atoms with van der Waals surface area (Å²) in [6, 6.07) is 13.0. The van der Waals surface area contributed by atoms with Gasteiger partial charge in [0.15, 0.2) is 0 Å². The van der Waals surface area contributed by atoms with Gasteiger partial charge in [-0.25, -0.2) is 5.43 Å². The van der Waals surface area contributed by atoms with Gasteiger partial charge in [-0.3, -0.25) is 19.7 Å². The smallest absolute Gasteiger partial charge is 0.318 e. The van der Waals surface area contributed by atoms with Gasteiger partial charge in [-0.2, -0.15) is 5.10 Å². The average Bonchev–Trinajstić information content (AvgIpc) is 2.62. The SMILES string of the molecule is CCc1ccc(NC(=O)C(=O)NN=Cc2ccccc2[N+](=O)[O-])cc1. The third-order valence-corrected chi connectivity index (χ3v) is 3.33. The number of para-hydroxylation sites is 1. The molecule has 0 unspecified atom stereocenters. The van der Waals surface area contributed by atoms with Gasteiger partial charge in [0.05, 0.1) is 16.7 Å². The number of rotatable bonds is 5. The fourth-order valence-corrected chi connectivity index (χ4v) is 1.99. The molecule has 0 saturated carbocycles. The highest BCUT2D eigenvalue weighted by atomic mass is 16.6. The van der Waals surface area contributed by atoms with Crippen molar-refractivity contribution in [1.82, 2.24) is 5.43 Å². The zero-order valence-corrected chi connectivity index (χ0v) is 13.4. The first-order valence-corrected chi connectivity index (χ1v) is 7.48. The summed E-state index contributed by atoms with van der Waals surface area (Å²) in [4.78, 5) is 33.8. The highest BCUT2D eigenvalue weighted by Crippen LogP contribution is 2.15. The number of carbonyl (C=O) groups excluding carboxylic acids is 2. The van der Waals surface area contributed by atoms with Gasteiger partial charge < -0.3 is 5.32 Å². The van der Waals surface area contributed by atoms with Crippen molar-refractivity contribution in [3.63, 3.8) is 0 Å². The number of nitrogens with zero attached hydrogens (tertiary/aromatic N) is 2. The van der Waals surface area contributed by atoms with Crippen molar-refractivity contribution in [1.29, 1.82) is 0 Å². The van der Waals surface area contributed by atoms with Crippen molar-refractivity contribution in [2.45, 2.75) is 13.3 Å². The molecule has 0 aromatic heterocycles. The molecule has 2 N–H and O–H groups in total. The van der Waals surface area contributed by atoms with Crippen LogP contribution in [0.25, 0.3) is 0 Å². The Balaban J connectivity index is 1.95. The van der Waals surface area contributed by atoms with Crippen molar-refractivity contribution in [2.24, 2.45) is 5.10 Å². The molecule has 0 aliphatic carbocycles. The molecular formula is C17H16N4O4. The predicted octanol–water partition coefficient (Wildman–Crippen LogP) is 2.25. The molecule has 0 radical (unpaired) electrons. The van der Waals surface area contributed by atoms with E-state index in [9.17, 15) is 19.7 Å². The molecule has 2 aromatic rings. The molecule has 0 bridgehead atoms. The molecule has 2 aromatic carbocycles. The standard InChI is InChI=1S/C17H16N4O4/c1-2-12-7-9-14(10-8-12)19-16(22)17(23)20-18-11-13-5-3-4-6-15(13)21(24)25/h3-11H,2H2,1H3,(H,19,22)(H,20,23). The van der Waals surface area contributed by atoms with Crippen LogP contribution in [0.15, 0.2) is 53.6 Å². The summed E-state index contributed by atoms with van der Waals surface area (Å²) < 4.78 is 0. The van der Waals surface area contributed by atoms with Crippen LogP contribution in [0.5, 0.6) is 0 Å². The molecule has 128 valence electrons. The summed E-state index contributed by atoms with van der Waals surface area (Å²) in [5, 5.41) is 16.9. The fourth-order valence-electron chi connectivity index (χ4n) is 1.99. The zero-order chi connectivity index (χ0) is 18.2. The Morgan fingerprint density at radius 2 is 1.80 bits per heavy atom. The van der Waals surface area contributed by atoms with Crippen LogP contribution in [0, 0.1) is 10.1 Å². The molecule has 0 saturated heterocycles. The van der Waals surface area contributed by atoms with Crippen LogP contribution >= 0.6 is 0 Å². The molecule has 8 nitrogen and oxygen atoms in total. The Hall–Kier alpha value is -3.55. The molecule has 0 spiro atoms. The lowest BCUT2D eigenvalue weighted by molar-refractivity contribution is -0.385. The first-order chi connectivity index (χ1) is 12.0. The highest BCUT2D eigenvalue weighted by Gasteiger charge is 2.14. The van der Waals surface area contributed by atoms with Crippen LogP contribution < -0.4 is 10.7 Å². The number of anilines is 1. The number of nitrogens with one attached hydrogen (secondary N) is 2. The van der Waals surface area contributed by atoms with Crippen LogP contribution in [0.1, 0.15) is 18.1 Å². The van der Waals surface area contributed by atoms with Crippen molar-refractivity contribution >= 4 is 29.4 Å². The predicted molar refractivity (Wildman–Crippen MR) is 93.3 cm³/mol. The van der Waals surface area contributed by atoms with E-state index < -0.39 is 16.7 Å². The Bertz CT molecular complexity index is 816. The van der Waals surface area contributed by atoms with E-state index in [4.69, 9.17) is 0 Å². The van der Waals surface area contributed by atoms with E-state index in [1.165, 1.54) is 18.2 Å². The van der Waals surface area contributed by atoms with Crippen molar-refractivity contribution in [2.75, 3.05) is 5.32 Å². The Morgan fingerprint density at radius 1 is 1.12 bits per heavy atom. The number of hydrazone groups is 1. The molecule has 0 aliphatic heterocycles. The Morgan fingerprint density at radius 3 is 2.44 bits per heavy atom. The monoisotopic (exact) mass is 340 g/mol.